The molecule has 0 aliphatic carbocycles. The zero-order chi connectivity index (χ0) is 24.0. The highest BCUT2D eigenvalue weighted by atomic mass is 35.5. The van der Waals surface area contributed by atoms with E-state index in [0.717, 1.165) is 30.4 Å². The summed E-state index contributed by atoms with van der Waals surface area (Å²) in [7, 11) is 0. The maximum Gasteiger partial charge on any atom is 0.345 e. The van der Waals surface area contributed by atoms with E-state index in [9.17, 15) is 14.4 Å². The number of rotatable bonds is 3. The smallest absolute Gasteiger partial charge is 0.246 e. The first kappa shape index (κ1) is 23.1. The van der Waals surface area contributed by atoms with Gasteiger partial charge in [0, 0.05) is 15.1 Å². The molecular formula is C24H18Cl3N3O3. The number of aryl methyl sites for hydroxylation is 3. The van der Waals surface area contributed by atoms with E-state index in [1.807, 2.05) is 0 Å². The topological polar surface area (TPSA) is 66.0 Å². The molecule has 3 aromatic carbocycles. The van der Waals surface area contributed by atoms with Gasteiger partial charge in [0.2, 0.25) is 0 Å². The Morgan fingerprint density at radius 2 is 0.727 bits per heavy atom. The van der Waals surface area contributed by atoms with Crippen molar-refractivity contribution < 1.29 is 0 Å². The van der Waals surface area contributed by atoms with Gasteiger partial charge in [-0.05, 0) is 73.9 Å². The molecule has 0 aliphatic rings. The molecule has 0 atom stereocenters. The van der Waals surface area contributed by atoms with E-state index >= 15 is 0 Å². The monoisotopic (exact) mass is 501 g/mol. The van der Waals surface area contributed by atoms with Crippen LogP contribution in [0.3, 0.4) is 0 Å². The van der Waals surface area contributed by atoms with Crippen LogP contribution in [0, 0.1) is 20.8 Å². The normalized spacial score (nSPS) is 11.1. The van der Waals surface area contributed by atoms with Gasteiger partial charge in [-0.1, -0.05) is 53.0 Å². The standard InChI is InChI=1S/C24H18Cl3N3O3/c1-13-4-7-16(10-19(13)25)28-22(31)29(17-8-5-14(2)20(26)11-17)24(33)30(23(28)32)18-9-6-15(3)21(27)12-18/h4-12H,1-3H3. The largest absolute Gasteiger partial charge is 0.345 e. The van der Waals surface area contributed by atoms with Crippen LogP contribution in [0.5, 0.6) is 0 Å². The fraction of sp³-hybridized carbons (Fsp3) is 0.125. The van der Waals surface area contributed by atoms with Crippen LogP contribution >= 0.6 is 34.8 Å². The molecule has 0 fully saturated rings. The Hall–Kier alpha value is -3.06. The summed E-state index contributed by atoms with van der Waals surface area (Å²) in [6.45, 7) is 5.41. The van der Waals surface area contributed by atoms with Crippen LogP contribution in [0.4, 0.5) is 0 Å². The van der Waals surface area contributed by atoms with Crippen molar-refractivity contribution in [2.45, 2.75) is 20.8 Å². The molecule has 6 nitrogen and oxygen atoms in total. The lowest BCUT2D eigenvalue weighted by Gasteiger charge is -2.15. The lowest BCUT2D eigenvalue weighted by atomic mass is 10.2. The van der Waals surface area contributed by atoms with Crippen LogP contribution in [0.25, 0.3) is 17.1 Å². The summed E-state index contributed by atoms with van der Waals surface area (Å²) in [6.07, 6.45) is 0. The van der Waals surface area contributed by atoms with Gasteiger partial charge in [-0.2, -0.15) is 0 Å². The minimum atomic E-state index is -0.848. The Morgan fingerprint density at radius 1 is 0.485 bits per heavy atom. The molecule has 9 heteroatoms. The van der Waals surface area contributed by atoms with Crippen molar-refractivity contribution in [2.24, 2.45) is 0 Å². The highest BCUT2D eigenvalue weighted by molar-refractivity contribution is 6.32. The van der Waals surface area contributed by atoms with Gasteiger partial charge in [0.05, 0.1) is 17.1 Å². The molecule has 0 unspecified atom stereocenters. The number of hydrogen-bond acceptors (Lipinski definition) is 3. The van der Waals surface area contributed by atoms with Crippen molar-refractivity contribution in [2.75, 3.05) is 0 Å². The summed E-state index contributed by atoms with van der Waals surface area (Å²) in [6, 6.07) is 14.3. The minimum absolute atomic E-state index is 0.222. The van der Waals surface area contributed by atoms with Gasteiger partial charge in [0.25, 0.3) is 0 Å². The summed E-state index contributed by atoms with van der Waals surface area (Å²) >= 11 is 18.8. The molecule has 0 aliphatic heterocycles. The number of halogens is 3. The molecule has 0 bridgehead atoms. The molecule has 0 amide bonds. The molecule has 0 saturated carbocycles. The van der Waals surface area contributed by atoms with Crippen molar-refractivity contribution in [3.63, 3.8) is 0 Å². The Labute approximate surface area is 203 Å². The van der Waals surface area contributed by atoms with E-state index in [1.165, 1.54) is 18.2 Å². The highest BCUT2D eigenvalue weighted by Gasteiger charge is 2.20. The third kappa shape index (κ3) is 4.06. The fourth-order valence-electron chi connectivity index (χ4n) is 3.37. The van der Waals surface area contributed by atoms with Crippen molar-refractivity contribution in [3.8, 4) is 17.1 Å². The summed E-state index contributed by atoms with van der Waals surface area (Å²) in [5.74, 6) is 0. The Kier molecular flexibility index (Phi) is 6.10. The van der Waals surface area contributed by atoms with Gasteiger partial charge in [-0.15, -0.1) is 0 Å². The van der Waals surface area contributed by atoms with Crippen molar-refractivity contribution in [3.05, 3.63) is 118 Å². The van der Waals surface area contributed by atoms with Crippen molar-refractivity contribution >= 4 is 34.8 Å². The quantitative estimate of drug-likeness (QED) is 0.395. The predicted octanol–water partition coefficient (Wildman–Crippen LogP) is 5.02. The second kappa shape index (κ2) is 8.71. The Bertz CT molecular complexity index is 1380. The van der Waals surface area contributed by atoms with Crippen LogP contribution in [0.1, 0.15) is 16.7 Å². The summed E-state index contributed by atoms with van der Waals surface area (Å²) in [4.78, 5) is 40.5. The molecule has 33 heavy (non-hydrogen) atoms. The van der Waals surface area contributed by atoms with Crippen LogP contribution < -0.4 is 17.1 Å². The summed E-state index contributed by atoms with van der Waals surface area (Å²) in [5, 5.41) is 1.12. The van der Waals surface area contributed by atoms with E-state index in [0.29, 0.717) is 15.1 Å². The first-order valence-electron chi connectivity index (χ1n) is 9.91. The average molecular weight is 503 g/mol. The highest BCUT2D eigenvalue weighted by Crippen LogP contribution is 2.21. The first-order chi connectivity index (χ1) is 15.6. The number of benzene rings is 3. The number of hydrogen-bond donors (Lipinski definition) is 0. The molecule has 4 rings (SSSR count). The number of aromatic nitrogens is 3. The van der Waals surface area contributed by atoms with Crippen LogP contribution in [0.2, 0.25) is 15.1 Å². The van der Waals surface area contributed by atoms with Gasteiger partial charge in [-0.3, -0.25) is 0 Å². The van der Waals surface area contributed by atoms with Gasteiger partial charge in [0.1, 0.15) is 0 Å². The lowest BCUT2D eigenvalue weighted by molar-refractivity contribution is 0.659. The van der Waals surface area contributed by atoms with Gasteiger partial charge in [-0.25, -0.2) is 28.1 Å². The molecule has 0 N–H and O–H groups in total. The maximum absolute atomic E-state index is 13.5. The molecule has 1 aromatic heterocycles. The third-order valence-corrected chi connectivity index (χ3v) is 6.61. The van der Waals surface area contributed by atoms with Gasteiger partial charge in [0.15, 0.2) is 0 Å². The molecule has 1 heterocycles. The Morgan fingerprint density at radius 3 is 0.939 bits per heavy atom. The zero-order valence-corrected chi connectivity index (χ0v) is 20.2. The summed E-state index contributed by atoms with van der Waals surface area (Å²) in [5.41, 5.74) is 0.449. The second-order valence-electron chi connectivity index (χ2n) is 7.65. The molecule has 0 spiro atoms. The second-order valence-corrected chi connectivity index (χ2v) is 8.88. The van der Waals surface area contributed by atoms with Crippen LogP contribution in [0.15, 0.2) is 69.0 Å². The molecule has 0 radical (unpaired) electrons. The summed E-state index contributed by atoms with van der Waals surface area (Å²) < 4.78 is 2.69. The molecule has 168 valence electrons. The number of nitrogens with zero attached hydrogens (tertiary/aromatic N) is 3. The average Bonchev–Trinajstić information content (AvgIpc) is 2.75. The predicted molar refractivity (Wildman–Crippen MR) is 132 cm³/mol. The lowest BCUT2D eigenvalue weighted by Crippen LogP contribution is -2.52. The van der Waals surface area contributed by atoms with Gasteiger partial charge >= 0.3 is 17.1 Å². The van der Waals surface area contributed by atoms with E-state index in [1.54, 1.807) is 57.2 Å². The fourth-order valence-corrected chi connectivity index (χ4v) is 3.90. The Balaban J connectivity index is 2.17. The molecular weight excluding hydrogens is 485 g/mol. The van der Waals surface area contributed by atoms with E-state index in [-0.39, 0.29) is 17.1 Å². The zero-order valence-electron chi connectivity index (χ0n) is 17.9. The SMILES string of the molecule is Cc1ccc(-n2c(=O)n(-c3ccc(C)c(Cl)c3)c(=O)n(-c3ccc(C)c(Cl)c3)c2=O)cc1Cl. The van der Waals surface area contributed by atoms with E-state index < -0.39 is 17.1 Å². The minimum Gasteiger partial charge on any atom is -0.246 e. The van der Waals surface area contributed by atoms with E-state index in [2.05, 4.69) is 0 Å². The maximum atomic E-state index is 13.5. The molecule has 0 saturated heterocycles. The third-order valence-electron chi connectivity index (χ3n) is 5.39. The van der Waals surface area contributed by atoms with Gasteiger partial charge < -0.3 is 0 Å². The van der Waals surface area contributed by atoms with Crippen molar-refractivity contribution in [1.29, 1.82) is 0 Å². The first-order valence-corrected chi connectivity index (χ1v) is 11.0. The van der Waals surface area contributed by atoms with Crippen LogP contribution in [-0.4, -0.2) is 13.7 Å². The molecule has 4 aromatic rings. The van der Waals surface area contributed by atoms with E-state index in [4.69, 9.17) is 34.8 Å². The van der Waals surface area contributed by atoms with Crippen molar-refractivity contribution in [1.82, 2.24) is 13.7 Å². The van der Waals surface area contributed by atoms with Crippen LogP contribution in [-0.2, 0) is 0 Å².